The highest BCUT2D eigenvalue weighted by Crippen LogP contribution is 2.47. The maximum absolute atomic E-state index is 12.0. The highest BCUT2D eigenvalue weighted by molar-refractivity contribution is 5.86. The summed E-state index contributed by atoms with van der Waals surface area (Å²) in [5.41, 5.74) is 7.78. The van der Waals surface area contributed by atoms with Crippen molar-refractivity contribution in [1.29, 1.82) is 0 Å². The van der Waals surface area contributed by atoms with E-state index in [0.717, 1.165) is 30.6 Å². The molecule has 4 rings (SSSR count). The summed E-state index contributed by atoms with van der Waals surface area (Å²) in [7, 11) is 1.75. The van der Waals surface area contributed by atoms with Crippen LogP contribution in [-0.2, 0) is 27.1 Å². The predicted molar refractivity (Wildman–Crippen MR) is 190 cm³/mol. The van der Waals surface area contributed by atoms with Gasteiger partial charge in [-0.25, -0.2) is 4.79 Å². The van der Waals surface area contributed by atoms with Crippen LogP contribution in [0.25, 0.3) is 11.1 Å². The minimum Gasteiger partial charge on any atom is -0.462 e. The zero-order chi connectivity index (χ0) is 32.2. The van der Waals surface area contributed by atoms with Crippen LogP contribution in [0.4, 0.5) is 0 Å². The second-order valence-electron chi connectivity index (χ2n) is 14.5. The first-order chi connectivity index (χ1) is 21.9. The first-order valence-electron chi connectivity index (χ1n) is 18.4. The van der Waals surface area contributed by atoms with Crippen LogP contribution in [0.15, 0.2) is 54.6 Å². The number of unbranched alkanes of at least 4 members (excludes halogenated alkanes) is 2. The Hall–Kier alpha value is -2.39. The van der Waals surface area contributed by atoms with Crippen LogP contribution in [0.5, 0.6) is 0 Å². The van der Waals surface area contributed by atoms with Gasteiger partial charge in [-0.15, -0.1) is 0 Å². The second-order valence-corrected chi connectivity index (χ2v) is 14.5. The third kappa shape index (κ3) is 10.0. The summed E-state index contributed by atoms with van der Waals surface area (Å²) in [4.78, 5) is 12.0. The van der Waals surface area contributed by atoms with E-state index in [9.17, 15) is 4.79 Å². The van der Waals surface area contributed by atoms with Crippen molar-refractivity contribution in [3.05, 3.63) is 71.3 Å². The zero-order valence-corrected chi connectivity index (χ0v) is 29.3. The average Bonchev–Trinajstić information content (AvgIpc) is 3.07. The van der Waals surface area contributed by atoms with E-state index >= 15 is 0 Å². The lowest BCUT2D eigenvalue weighted by Crippen LogP contribution is -2.33. The van der Waals surface area contributed by atoms with E-state index in [1.165, 1.54) is 99.3 Å². The molecule has 0 radical (unpaired) electrons. The third-order valence-electron chi connectivity index (χ3n) is 11.3. The minimum atomic E-state index is -0.285. The van der Waals surface area contributed by atoms with Crippen LogP contribution < -0.4 is 0 Å². The molecule has 3 nitrogen and oxygen atoms in total. The predicted octanol–water partition coefficient (Wildman–Crippen LogP) is 11.1. The number of esters is 1. The fourth-order valence-electron chi connectivity index (χ4n) is 8.58. The summed E-state index contributed by atoms with van der Waals surface area (Å²) in [6.45, 7) is 13.5. The monoisotopic (exact) mass is 614 g/mol. The van der Waals surface area contributed by atoms with Gasteiger partial charge in [-0.1, -0.05) is 89.1 Å². The lowest BCUT2D eigenvalue weighted by atomic mass is 9.63. The molecule has 2 aliphatic carbocycles. The summed E-state index contributed by atoms with van der Waals surface area (Å²) in [6.07, 6.45) is 18.0. The van der Waals surface area contributed by atoms with Gasteiger partial charge in [-0.2, -0.15) is 0 Å². The van der Waals surface area contributed by atoms with E-state index in [0.29, 0.717) is 30.6 Å². The molecular formula is C42H62O3. The topological polar surface area (TPSA) is 35.5 Å². The Morgan fingerprint density at radius 3 is 2.20 bits per heavy atom. The number of carbonyl (C=O) groups excluding carboxylic acids is 1. The third-order valence-corrected chi connectivity index (χ3v) is 11.3. The van der Waals surface area contributed by atoms with Crippen molar-refractivity contribution in [1.82, 2.24) is 0 Å². The van der Waals surface area contributed by atoms with E-state index < -0.39 is 0 Å². The smallest absolute Gasteiger partial charge is 0.333 e. The number of benzene rings is 2. The van der Waals surface area contributed by atoms with Crippen molar-refractivity contribution in [2.45, 2.75) is 124 Å². The summed E-state index contributed by atoms with van der Waals surface area (Å²) in [6, 6.07) is 16.8. The van der Waals surface area contributed by atoms with Gasteiger partial charge in [-0.05, 0) is 135 Å². The van der Waals surface area contributed by atoms with Crippen molar-refractivity contribution < 1.29 is 14.3 Å². The molecule has 45 heavy (non-hydrogen) atoms. The summed E-state index contributed by atoms with van der Waals surface area (Å²) in [5, 5.41) is 0. The molecule has 0 aliphatic heterocycles. The molecule has 0 aromatic heterocycles. The molecule has 2 aromatic carbocycles. The van der Waals surface area contributed by atoms with Gasteiger partial charge < -0.3 is 9.47 Å². The Labute approximate surface area is 275 Å². The maximum atomic E-state index is 12.0. The molecule has 2 aliphatic rings. The number of hydrogen-bond donors (Lipinski definition) is 0. The normalized spacial score (nSPS) is 24.2. The largest absolute Gasteiger partial charge is 0.462 e. The van der Waals surface area contributed by atoms with Gasteiger partial charge in [0.2, 0.25) is 0 Å². The van der Waals surface area contributed by atoms with Gasteiger partial charge in [0.25, 0.3) is 0 Å². The molecule has 3 heteroatoms. The highest BCUT2D eigenvalue weighted by atomic mass is 16.5. The molecule has 0 N–H and O–H groups in total. The van der Waals surface area contributed by atoms with Crippen molar-refractivity contribution >= 4 is 5.97 Å². The van der Waals surface area contributed by atoms with E-state index in [1.807, 2.05) is 0 Å². The van der Waals surface area contributed by atoms with Crippen LogP contribution >= 0.6 is 0 Å². The van der Waals surface area contributed by atoms with Crippen LogP contribution in [0.3, 0.4) is 0 Å². The molecular weight excluding hydrogens is 552 g/mol. The Kier molecular flexibility index (Phi) is 14.2. The minimum absolute atomic E-state index is 0.263. The first kappa shape index (κ1) is 35.5. The van der Waals surface area contributed by atoms with Crippen molar-refractivity contribution in [3.8, 4) is 11.1 Å². The van der Waals surface area contributed by atoms with Gasteiger partial charge in [-0.3, -0.25) is 0 Å². The molecule has 248 valence electrons. The highest BCUT2D eigenvalue weighted by Gasteiger charge is 2.36. The quantitative estimate of drug-likeness (QED) is 0.107. The maximum Gasteiger partial charge on any atom is 0.333 e. The standard InChI is InChI=1S/C42H62O3/c1-7-10-11-12-34-21-22-40(26-32(34)8-2)37-17-13-35(14-18-37)36-15-19-38(20-16-36)41-24-23-39(33(9-3)27-41)25-31(28-44-6)29-45-42(43)30(4)5/h13-14,17-18,21-22,26,31,33,36,38-39,41H,4,7-12,15-16,19-20,23-25,27-29H2,1-3,5-6H3. The molecule has 4 unspecified atom stereocenters. The summed E-state index contributed by atoms with van der Waals surface area (Å²) in [5.74, 6) is 3.90. The molecule has 0 saturated heterocycles. The molecule has 0 heterocycles. The number of rotatable bonds is 16. The second kappa shape index (κ2) is 18.1. The van der Waals surface area contributed by atoms with E-state index in [1.54, 1.807) is 19.6 Å². The summed E-state index contributed by atoms with van der Waals surface area (Å²) >= 11 is 0. The van der Waals surface area contributed by atoms with Crippen molar-refractivity contribution in [3.63, 3.8) is 0 Å². The fourth-order valence-corrected chi connectivity index (χ4v) is 8.58. The van der Waals surface area contributed by atoms with Gasteiger partial charge >= 0.3 is 5.97 Å². The lowest BCUT2D eigenvalue weighted by molar-refractivity contribution is -0.141. The van der Waals surface area contributed by atoms with Gasteiger partial charge in [0.15, 0.2) is 0 Å². The van der Waals surface area contributed by atoms with Crippen LogP contribution in [-0.4, -0.2) is 26.3 Å². The molecule has 0 spiro atoms. The molecule has 4 atom stereocenters. The first-order valence-corrected chi connectivity index (χ1v) is 18.4. The molecule has 2 aromatic rings. The van der Waals surface area contributed by atoms with E-state index in [-0.39, 0.29) is 11.9 Å². The van der Waals surface area contributed by atoms with Crippen LogP contribution in [0, 0.1) is 29.6 Å². The Bertz CT molecular complexity index is 1190. The van der Waals surface area contributed by atoms with Crippen molar-refractivity contribution in [2.75, 3.05) is 20.3 Å². The molecule has 2 fully saturated rings. The zero-order valence-electron chi connectivity index (χ0n) is 29.3. The van der Waals surface area contributed by atoms with Gasteiger partial charge in [0.05, 0.1) is 13.2 Å². The lowest BCUT2D eigenvalue weighted by Gasteiger charge is -2.42. The van der Waals surface area contributed by atoms with Crippen molar-refractivity contribution in [2.24, 2.45) is 29.6 Å². The Morgan fingerprint density at radius 2 is 1.56 bits per heavy atom. The fraction of sp³-hybridized carbons (Fsp3) is 0.643. The Morgan fingerprint density at radius 1 is 0.844 bits per heavy atom. The number of carbonyl (C=O) groups is 1. The average molecular weight is 615 g/mol. The summed E-state index contributed by atoms with van der Waals surface area (Å²) < 4.78 is 11.0. The van der Waals surface area contributed by atoms with Crippen LogP contribution in [0.1, 0.15) is 127 Å². The number of ether oxygens (including phenoxy) is 2. The number of aryl methyl sites for hydroxylation is 2. The SMILES string of the molecule is C=C(C)C(=O)OCC(COC)CC1CCC(C2CCC(c3ccc(-c4ccc(CCCCC)c(CC)c4)cc3)CC2)CC1CC. The number of hydrogen-bond acceptors (Lipinski definition) is 3. The molecule has 0 amide bonds. The molecule has 0 bridgehead atoms. The van der Waals surface area contributed by atoms with Gasteiger partial charge in [0, 0.05) is 18.6 Å². The number of methoxy groups -OCH3 is 1. The van der Waals surface area contributed by atoms with E-state index in [2.05, 4.69) is 69.8 Å². The Balaban J connectivity index is 1.28. The van der Waals surface area contributed by atoms with Gasteiger partial charge in [0.1, 0.15) is 0 Å². The van der Waals surface area contributed by atoms with Crippen LogP contribution in [0.2, 0.25) is 0 Å². The molecule has 2 saturated carbocycles. The van der Waals surface area contributed by atoms with E-state index in [4.69, 9.17) is 9.47 Å².